The fourth-order valence-electron chi connectivity index (χ4n) is 5.10. The smallest absolute Gasteiger partial charge is 0.149 e. The molecule has 202 valence electrons. The lowest BCUT2D eigenvalue weighted by atomic mass is 9.91. The van der Waals surface area contributed by atoms with Gasteiger partial charge < -0.3 is 30.9 Å². The summed E-state index contributed by atoms with van der Waals surface area (Å²) in [5.74, 6) is -2.95. The number of nitrogens with two attached hydrogens (primary N) is 1. The van der Waals surface area contributed by atoms with Crippen LogP contribution < -0.4 is 16.0 Å². The molecule has 2 fully saturated rings. The Morgan fingerprint density at radius 3 is 2.61 bits per heavy atom. The Morgan fingerprint density at radius 2 is 1.92 bits per heavy atom. The standard InChI is InChI=1S/C27H30F3N5O3/c1-15-12-35(13-21(31)26(15)36)23-4-6-32-11-22(23)33-10-17-2-3-18(28)25(34-17)24-19(29)8-16(9-20(24)30)27(37)5-7-38-14-27/h2-4,6,8-9,11,15,21,26,33,36-37H,5,7,10,12-14,31H2,1H3. The molecule has 2 aromatic heterocycles. The number of aromatic nitrogens is 2. The van der Waals surface area contributed by atoms with E-state index < -0.39 is 46.5 Å². The van der Waals surface area contributed by atoms with Crippen molar-refractivity contribution in [2.45, 2.75) is 37.6 Å². The summed E-state index contributed by atoms with van der Waals surface area (Å²) in [5.41, 5.74) is 5.45. The molecule has 4 unspecified atom stereocenters. The third-order valence-corrected chi connectivity index (χ3v) is 7.28. The Balaban J connectivity index is 1.38. The number of anilines is 2. The zero-order chi connectivity index (χ0) is 27.0. The van der Waals surface area contributed by atoms with Crippen molar-refractivity contribution in [3.8, 4) is 11.3 Å². The van der Waals surface area contributed by atoms with E-state index in [2.05, 4.69) is 20.2 Å². The van der Waals surface area contributed by atoms with Crippen LogP contribution in [-0.2, 0) is 16.9 Å². The van der Waals surface area contributed by atoms with Gasteiger partial charge in [0.1, 0.15) is 28.7 Å². The van der Waals surface area contributed by atoms with Crippen LogP contribution >= 0.6 is 0 Å². The molecule has 0 bridgehead atoms. The van der Waals surface area contributed by atoms with Gasteiger partial charge in [-0.1, -0.05) is 6.92 Å². The van der Waals surface area contributed by atoms with Gasteiger partial charge in [0.15, 0.2) is 0 Å². The zero-order valence-electron chi connectivity index (χ0n) is 20.9. The molecule has 2 aliphatic rings. The molecule has 0 saturated carbocycles. The Morgan fingerprint density at radius 1 is 1.16 bits per heavy atom. The van der Waals surface area contributed by atoms with Gasteiger partial charge in [0.2, 0.25) is 0 Å². The molecule has 2 aliphatic heterocycles. The van der Waals surface area contributed by atoms with E-state index in [-0.39, 0.29) is 37.7 Å². The minimum Gasteiger partial charge on any atom is -0.391 e. The Labute approximate surface area is 218 Å². The third kappa shape index (κ3) is 5.06. The number of benzene rings is 1. The summed E-state index contributed by atoms with van der Waals surface area (Å²) in [4.78, 5) is 10.4. The van der Waals surface area contributed by atoms with Crippen molar-refractivity contribution in [1.29, 1.82) is 0 Å². The maximum atomic E-state index is 15.1. The van der Waals surface area contributed by atoms with Gasteiger partial charge in [0.05, 0.1) is 48.1 Å². The van der Waals surface area contributed by atoms with Crippen LogP contribution in [0.2, 0.25) is 0 Å². The summed E-state index contributed by atoms with van der Waals surface area (Å²) >= 11 is 0. The molecule has 4 atom stereocenters. The summed E-state index contributed by atoms with van der Waals surface area (Å²) in [6.45, 7) is 3.32. The number of rotatable bonds is 6. The van der Waals surface area contributed by atoms with Gasteiger partial charge in [0, 0.05) is 44.3 Å². The molecule has 4 heterocycles. The first-order valence-electron chi connectivity index (χ1n) is 12.5. The molecule has 0 aliphatic carbocycles. The minimum absolute atomic E-state index is 0.0285. The first-order chi connectivity index (χ1) is 18.2. The molecule has 0 spiro atoms. The van der Waals surface area contributed by atoms with Gasteiger partial charge in [-0.15, -0.1) is 0 Å². The average molecular weight is 530 g/mol. The van der Waals surface area contributed by atoms with Gasteiger partial charge >= 0.3 is 0 Å². The number of ether oxygens (including phenoxy) is 1. The predicted molar refractivity (Wildman–Crippen MR) is 136 cm³/mol. The molecule has 2 saturated heterocycles. The molecule has 0 amide bonds. The van der Waals surface area contributed by atoms with E-state index in [9.17, 15) is 14.6 Å². The van der Waals surface area contributed by atoms with Crippen LogP contribution in [0.25, 0.3) is 11.3 Å². The Hall–Kier alpha value is -3.25. The van der Waals surface area contributed by atoms with Crippen molar-refractivity contribution in [2.24, 2.45) is 11.7 Å². The van der Waals surface area contributed by atoms with E-state index in [4.69, 9.17) is 10.5 Å². The minimum atomic E-state index is -1.49. The van der Waals surface area contributed by atoms with E-state index in [1.54, 1.807) is 12.4 Å². The second-order valence-electron chi connectivity index (χ2n) is 10.1. The largest absolute Gasteiger partial charge is 0.391 e. The van der Waals surface area contributed by atoms with Crippen molar-refractivity contribution < 1.29 is 28.1 Å². The van der Waals surface area contributed by atoms with E-state index in [1.807, 2.05) is 13.0 Å². The molecule has 8 nitrogen and oxygen atoms in total. The first kappa shape index (κ1) is 26.4. The van der Waals surface area contributed by atoms with E-state index in [0.717, 1.165) is 23.9 Å². The summed E-state index contributed by atoms with van der Waals surface area (Å²) in [6.07, 6.45) is 2.91. The first-order valence-corrected chi connectivity index (χ1v) is 12.5. The lowest BCUT2D eigenvalue weighted by Crippen LogP contribution is -2.55. The monoisotopic (exact) mass is 529 g/mol. The number of nitrogens with one attached hydrogen (secondary N) is 1. The maximum Gasteiger partial charge on any atom is 0.149 e. The number of hydrogen-bond acceptors (Lipinski definition) is 8. The van der Waals surface area contributed by atoms with Gasteiger partial charge in [-0.05, 0) is 35.9 Å². The van der Waals surface area contributed by atoms with Crippen LogP contribution in [0.5, 0.6) is 0 Å². The van der Waals surface area contributed by atoms with Crippen LogP contribution in [0, 0.1) is 23.4 Å². The molecular formula is C27H30F3N5O3. The number of nitrogens with zero attached hydrogens (tertiary/aromatic N) is 3. The summed E-state index contributed by atoms with van der Waals surface area (Å²) in [7, 11) is 0. The maximum absolute atomic E-state index is 15.1. The van der Waals surface area contributed by atoms with Crippen LogP contribution in [0.15, 0.2) is 42.7 Å². The fourth-order valence-corrected chi connectivity index (χ4v) is 5.10. The van der Waals surface area contributed by atoms with Gasteiger partial charge in [-0.25, -0.2) is 18.2 Å². The van der Waals surface area contributed by atoms with Gasteiger partial charge in [0.25, 0.3) is 0 Å². The number of hydrogen-bond donors (Lipinski definition) is 4. The van der Waals surface area contributed by atoms with Gasteiger partial charge in [-0.2, -0.15) is 0 Å². The predicted octanol–water partition coefficient (Wildman–Crippen LogP) is 2.93. The second kappa shape index (κ2) is 10.5. The Kier molecular flexibility index (Phi) is 7.28. The number of aliphatic hydroxyl groups is 2. The zero-order valence-corrected chi connectivity index (χ0v) is 20.9. The highest BCUT2D eigenvalue weighted by Crippen LogP contribution is 2.36. The number of aliphatic hydroxyl groups excluding tert-OH is 1. The van der Waals surface area contributed by atoms with Crippen molar-refractivity contribution in [1.82, 2.24) is 9.97 Å². The molecule has 1 aromatic carbocycles. The van der Waals surface area contributed by atoms with Crippen molar-refractivity contribution in [2.75, 3.05) is 36.5 Å². The molecule has 3 aromatic rings. The van der Waals surface area contributed by atoms with Crippen molar-refractivity contribution >= 4 is 11.4 Å². The van der Waals surface area contributed by atoms with E-state index in [0.29, 0.717) is 24.5 Å². The summed E-state index contributed by atoms with van der Waals surface area (Å²) < 4.78 is 50.1. The lowest BCUT2D eigenvalue weighted by molar-refractivity contribution is 0.0227. The molecule has 5 N–H and O–H groups in total. The highest BCUT2D eigenvalue weighted by molar-refractivity contribution is 5.69. The van der Waals surface area contributed by atoms with Crippen LogP contribution in [0.4, 0.5) is 24.5 Å². The van der Waals surface area contributed by atoms with Gasteiger partial charge in [-0.3, -0.25) is 4.98 Å². The van der Waals surface area contributed by atoms with Crippen molar-refractivity contribution in [3.63, 3.8) is 0 Å². The normalized spacial score (nSPS) is 25.6. The molecule has 5 rings (SSSR count). The number of halogens is 3. The SMILES string of the molecule is CC1CN(c2ccncc2NCc2ccc(F)c(-c3c(F)cc(C4(O)CCOC4)cc3F)n2)CC(N)C1O. The molecule has 38 heavy (non-hydrogen) atoms. The highest BCUT2D eigenvalue weighted by Gasteiger charge is 2.36. The molecule has 0 radical (unpaired) electrons. The second-order valence-corrected chi connectivity index (χ2v) is 10.1. The fraction of sp³-hybridized carbons (Fsp3) is 0.407. The van der Waals surface area contributed by atoms with Crippen LogP contribution in [0.3, 0.4) is 0 Å². The van der Waals surface area contributed by atoms with Crippen molar-refractivity contribution in [3.05, 3.63) is 71.4 Å². The molecule has 11 heteroatoms. The summed E-state index contributed by atoms with van der Waals surface area (Å²) in [6, 6.07) is 5.98. The average Bonchev–Trinajstić information content (AvgIpc) is 3.34. The van der Waals surface area contributed by atoms with E-state index in [1.165, 1.54) is 6.07 Å². The lowest BCUT2D eigenvalue weighted by Gasteiger charge is -2.40. The van der Waals surface area contributed by atoms with Crippen LogP contribution in [-0.4, -0.2) is 58.6 Å². The third-order valence-electron chi connectivity index (χ3n) is 7.28. The number of pyridine rings is 2. The highest BCUT2D eigenvalue weighted by atomic mass is 19.1. The quantitative estimate of drug-likeness (QED) is 0.385. The molecular weight excluding hydrogens is 499 g/mol. The topological polar surface area (TPSA) is 117 Å². The van der Waals surface area contributed by atoms with E-state index >= 15 is 8.78 Å². The number of piperidine rings is 1. The summed E-state index contributed by atoms with van der Waals surface area (Å²) in [5, 5.41) is 24.1. The Bertz CT molecular complexity index is 1290. The van der Waals surface area contributed by atoms with Crippen LogP contribution in [0.1, 0.15) is 24.6 Å².